The zero-order valence-electron chi connectivity index (χ0n) is 36.0. The van der Waals surface area contributed by atoms with E-state index < -0.39 is 15.2 Å². The molecule has 0 bridgehead atoms. The molecule has 8 aromatic rings. The Hall–Kier alpha value is -6.24. The molecular formula is C48H48N8O6P2. The number of rotatable bonds is 19. The molecule has 0 radical (unpaired) electrons. The minimum Gasteiger partial charge on any atom is -0.309 e. The first-order valence-corrected chi connectivity index (χ1v) is 24.6. The van der Waals surface area contributed by atoms with Crippen molar-refractivity contribution in [2.75, 3.05) is 26.4 Å². The summed E-state index contributed by atoms with van der Waals surface area (Å²) in [6.07, 6.45) is 7.70. The fourth-order valence-corrected chi connectivity index (χ4v) is 10.6. The van der Waals surface area contributed by atoms with Gasteiger partial charge in [-0.15, -0.1) is 10.2 Å². The van der Waals surface area contributed by atoms with Gasteiger partial charge in [0.25, 0.3) is 0 Å². The minimum absolute atomic E-state index is 0.228. The Morgan fingerprint density at radius 2 is 0.750 bits per heavy atom. The molecule has 0 N–H and O–H groups in total. The van der Waals surface area contributed by atoms with E-state index in [4.69, 9.17) is 18.1 Å². The lowest BCUT2D eigenvalue weighted by Gasteiger charge is -2.17. The maximum atomic E-state index is 13.0. The van der Waals surface area contributed by atoms with E-state index in [-0.39, 0.29) is 12.3 Å². The molecule has 0 unspecified atom stereocenters. The molecule has 0 aliphatic heterocycles. The Kier molecular flexibility index (Phi) is 13.9. The summed E-state index contributed by atoms with van der Waals surface area (Å²) in [5.41, 5.74) is 12.0. The lowest BCUT2D eigenvalue weighted by atomic mass is 10.0. The van der Waals surface area contributed by atoms with Crippen LogP contribution in [0.4, 0.5) is 0 Å². The molecular weight excluding hydrogens is 847 g/mol. The normalized spacial score (nSPS) is 11.9. The van der Waals surface area contributed by atoms with Gasteiger partial charge in [0.1, 0.15) is 11.4 Å². The van der Waals surface area contributed by atoms with Crippen LogP contribution in [0.15, 0.2) is 146 Å². The fourth-order valence-electron chi connectivity index (χ4n) is 7.21. The molecule has 16 heteroatoms. The lowest BCUT2D eigenvalue weighted by molar-refractivity contribution is 0.218. The maximum absolute atomic E-state index is 13.0. The first-order chi connectivity index (χ1) is 31.2. The van der Waals surface area contributed by atoms with Gasteiger partial charge in [-0.3, -0.25) is 19.1 Å². The molecule has 14 nitrogen and oxygen atoms in total. The molecule has 0 fully saturated rings. The second kappa shape index (κ2) is 20.1. The highest BCUT2D eigenvalue weighted by Crippen LogP contribution is 2.52. The number of hydrogen-bond donors (Lipinski definition) is 0. The van der Waals surface area contributed by atoms with Gasteiger partial charge < -0.3 is 18.1 Å². The topological polar surface area (TPSA) is 158 Å². The summed E-state index contributed by atoms with van der Waals surface area (Å²) in [7, 11) is -6.36. The number of pyridine rings is 2. The van der Waals surface area contributed by atoms with Crippen molar-refractivity contribution in [3.8, 4) is 67.5 Å². The highest BCUT2D eigenvalue weighted by molar-refractivity contribution is 7.53. The second-order valence-electron chi connectivity index (χ2n) is 14.7. The van der Waals surface area contributed by atoms with E-state index in [2.05, 4.69) is 30.6 Å². The third kappa shape index (κ3) is 10.6. The van der Waals surface area contributed by atoms with Crippen LogP contribution in [-0.2, 0) is 39.5 Å². The lowest BCUT2D eigenvalue weighted by Crippen LogP contribution is -1.99. The standard InChI is InChI=1S/C48H48N8O6P2/c1-5-59-63(57,60-6-2)33-35-9-13-37(14-10-35)39-17-21-43(22-18-39)55-31-47(51-53-55)41-25-27-49-45(29-41)46-30-42(26-28-50-46)48-32-56(54-52-48)44-23-19-40(20-24-44)38-15-11-36(12-16-38)34-64(58,61-7-3)62-8-4/h9-32H,5-8,33-34H2,1-4H3. The monoisotopic (exact) mass is 894 g/mol. The van der Waals surface area contributed by atoms with E-state index in [0.717, 1.165) is 55.9 Å². The zero-order valence-corrected chi connectivity index (χ0v) is 37.8. The Morgan fingerprint density at radius 1 is 0.422 bits per heavy atom. The van der Waals surface area contributed by atoms with Crippen molar-refractivity contribution in [2.24, 2.45) is 0 Å². The molecule has 0 aliphatic carbocycles. The van der Waals surface area contributed by atoms with E-state index in [1.165, 1.54) is 0 Å². The third-order valence-corrected chi connectivity index (χ3v) is 14.4. The molecule has 64 heavy (non-hydrogen) atoms. The van der Waals surface area contributed by atoms with Gasteiger partial charge in [-0.2, -0.15) is 0 Å². The van der Waals surface area contributed by atoms with Gasteiger partial charge in [0, 0.05) is 23.5 Å². The quantitative estimate of drug-likeness (QED) is 0.0708. The van der Waals surface area contributed by atoms with Crippen molar-refractivity contribution in [1.82, 2.24) is 40.0 Å². The Bertz CT molecular complexity index is 2680. The number of aromatic nitrogens is 8. The minimum atomic E-state index is -3.18. The molecule has 0 atom stereocenters. The first kappa shape index (κ1) is 44.4. The SMILES string of the molecule is CCOP(=O)(Cc1ccc(-c2ccc(-n3cc(-c4ccnc(-c5cc(-c6cn(-c7ccc(-c8ccc(CP(=O)(OCC)OCC)cc8)cc7)nn6)ccn5)c4)nn3)cc2)cc1)OCC. The van der Waals surface area contributed by atoms with Crippen LogP contribution in [0.2, 0.25) is 0 Å². The third-order valence-electron chi connectivity index (χ3n) is 10.3. The van der Waals surface area contributed by atoms with Crippen LogP contribution in [-0.4, -0.2) is 66.4 Å². The maximum Gasteiger partial charge on any atom is 0.335 e. The summed E-state index contributed by atoms with van der Waals surface area (Å²) in [4.78, 5) is 9.25. The van der Waals surface area contributed by atoms with Crippen molar-refractivity contribution in [2.45, 2.75) is 40.0 Å². The summed E-state index contributed by atoms with van der Waals surface area (Å²) >= 11 is 0. The molecule has 326 valence electrons. The summed E-state index contributed by atoms with van der Waals surface area (Å²) in [6, 6.07) is 39.7. The van der Waals surface area contributed by atoms with E-state index in [1.807, 2.05) is 161 Å². The summed E-state index contributed by atoms with van der Waals surface area (Å²) in [6.45, 7) is 8.57. The fraction of sp³-hybridized carbons (Fsp3) is 0.208. The first-order valence-electron chi connectivity index (χ1n) is 21.1. The Balaban J connectivity index is 0.916. The van der Waals surface area contributed by atoms with Crippen LogP contribution in [0, 0.1) is 0 Å². The van der Waals surface area contributed by atoms with Gasteiger partial charge in [-0.1, -0.05) is 83.2 Å². The van der Waals surface area contributed by atoms with Crippen molar-refractivity contribution in [3.05, 3.63) is 157 Å². The summed E-state index contributed by atoms with van der Waals surface area (Å²) < 4.78 is 51.3. The van der Waals surface area contributed by atoms with Crippen LogP contribution in [0.1, 0.15) is 38.8 Å². The van der Waals surface area contributed by atoms with Gasteiger partial charge >= 0.3 is 15.2 Å². The second-order valence-corrected chi connectivity index (χ2v) is 18.8. The zero-order chi connectivity index (χ0) is 44.5. The molecule has 0 amide bonds. The number of benzene rings is 4. The molecule has 4 heterocycles. The van der Waals surface area contributed by atoms with E-state index in [1.54, 1.807) is 21.8 Å². The van der Waals surface area contributed by atoms with Gasteiger partial charge in [-0.05, 0) is 110 Å². The van der Waals surface area contributed by atoms with Crippen molar-refractivity contribution in [1.29, 1.82) is 0 Å². The highest BCUT2D eigenvalue weighted by Gasteiger charge is 2.25. The number of hydrogen-bond acceptors (Lipinski definition) is 12. The largest absolute Gasteiger partial charge is 0.335 e. The van der Waals surface area contributed by atoms with Gasteiger partial charge in [-0.25, -0.2) is 9.36 Å². The average molecular weight is 895 g/mol. The highest BCUT2D eigenvalue weighted by atomic mass is 31.2. The Labute approximate surface area is 372 Å². The molecule has 0 aliphatic rings. The molecule has 8 rings (SSSR count). The van der Waals surface area contributed by atoms with Crippen LogP contribution in [0.3, 0.4) is 0 Å². The molecule has 4 aromatic carbocycles. The summed E-state index contributed by atoms with van der Waals surface area (Å²) in [5, 5.41) is 17.8. The average Bonchev–Trinajstić information content (AvgIpc) is 4.02. The van der Waals surface area contributed by atoms with Crippen LogP contribution < -0.4 is 0 Å². The van der Waals surface area contributed by atoms with Gasteiger partial charge in [0.2, 0.25) is 0 Å². The summed E-state index contributed by atoms with van der Waals surface area (Å²) in [5.74, 6) is 0. The predicted molar refractivity (Wildman–Crippen MR) is 248 cm³/mol. The smallest absolute Gasteiger partial charge is 0.309 e. The molecule has 0 saturated heterocycles. The van der Waals surface area contributed by atoms with Crippen molar-refractivity contribution >= 4 is 15.2 Å². The van der Waals surface area contributed by atoms with Crippen LogP contribution in [0.5, 0.6) is 0 Å². The van der Waals surface area contributed by atoms with Gasteiger partial charge in [0.15, 0.2) is 0 Å². The van der Waals surface area contributed by atoms with E-state index in [9.17, 15) is 9.13 Å². The van der Waals surface area contributed by atoms with Crippen LogP contribution >= 0.6 is 15.2 Å². The van der Waals surface area contributed by atoms with Crippen LogP contribution in [0.25, 0.3) is 67.5 Å². The molecule has 4 aromatic heterocycles. The van der Waals surface area contributed by atoms with Crippen molar-refractivity contribution < 1.29 is 27.2 Å². The Morgan fingerprint density at radius 3 is 1.08 bits per heavy atom. The molecule has 0 spiro atoms. The van der Waals surface area contributed by atoms with Gasteiger partial charge in [0.05, 0.1) is 73.9 Å². The van der Waals surface area contributed by atoms with Crippen molar-refractivity contribution in [3.63, 3.8) is 0 Å². The number of nitrogens with zero attached hydrogens (tertiary/aromatic N) is 8. The molecule has 0 saturated carbocycles. The predicted octanol–water partition coefficient (Wildman–Crippen LogP) is 11.5. The van der Waals surface area contributed by atoms with E-state index in [0.29, 0.717) is 49.2 Å². The van der Waals surface area contributed by atoms with E-state index >= 15 is 0 Å².